The molecule has 0 amide bonds. The standard InChI is InChI=1S/C13H16N2OS/c1-8(2)15-13(16)12-10(7-14-15)9-5-3-4-6-11(9)17-12/h7-8H,3-6H2,1-2H3. The van der Waals surface area contributed by atoms with Crippen molar-refractivity contribution in [2.75, 3.05) is 0 Å². The third-order valence-corrected chi connectivity index (χ3v) is 4.71. The normalized spacial score (nSPS) is 15.5. The van der Waals surface area contributed by atoms with Gasteiger partial charge in [-0.1, -0.05) is 0 Å². The lowest BCUT2D eigenvalue weighted by Crippen LogP contribution is -2.23. The van der Waals surface area contributed by atoms with Crippen LogP contribution < -0.4 is 5.56 Å². The maximum absolute atomic E-state index is 12.3. The van der Waals surface area contributed by atoms with Crippen molar-refractivity contribution >= 4 is 21.4 Å². The second-order valence-electron chi connectivity index (χ2n) is 4.94. The molecule has 3 nitrogen and oxygen atoms in total. The summed E-state index contributed by atoms with van der Waals surface area (Å²) in [5, 5.41) is 5.40. The van der Waals surface area contributed by atoms with Gasteiger partial charge in [0.05, 0.1) is 12.2 Å². The number of aromatic nitrogens is 2. The molecule has 0 aliphatic heterocycles. The second-order valence-corrected chi connectivity index (χ2v) is 6.05. The molecule has 0 spiro atoms. The van der Waals surface area contributed by atoms with Crippen molar-refractivity contribution in [3.05, 3.63) is 27.0 Å². The lowest BCUT2D eigenvalue weighted by Gasteiger charge is -2.10. The van der Waals surface area contributed by atoms with Crippen LogP contribution in [0.3, 0.4) is 0 Å². The van der Waals surface area contributed by atoms with Gasteiger partial charge >= 0.3 is 0 Å². The molecule has 2 heterocycles. The highest BCUT2D eigenvalue weighted by atomic mass is 32.1. The predicted molar refractivity (Wildman–Crippen MR) is 70.9 cm³/mol. The van der Waals surface area contributed by atoms with E-state index in [0.717, 1.165) is 22.9 Å². The third-order valence-electron chi connectivity index (χ3n) is 3.41. The summed E-state index contributed by atoms with van der Waals surface area (Å²) in [5.41, 5.74) is 1.47. The Labute approximate surface area is 104 Å². The summed E-state index contributed by atoms with van der Waals surface area (Å²) in [6, 6.07) is 0.131. The lowest BCUT2D eigenvalue weighted by molar-refractivity contribution is 0.508. The van der Waals surface area contributed by atoms with Gasteiger partial charge in [0, 0.05) is 10.3 Å². The van der Waals surface area contributed by atoms with Crippen LogP contribution in [0.2, 0.25) is 0 Å². The fraction of sp³-hybridized carbons (Fsp3) is 0.538. The van der Waals surface area contributed by atoms with Gasteiger partial charge in [-0.05, 0) is 45.1 Å². The Kier molecular flexibility index (Phi) is 2.54. The van der Waals surface area contributed by atoms with Crippen LogP contribution in [0.1, 0.15) is 43.2 Å². The summed E-state index contributed by atoms with van der Waals surface area (Å²) in [7, 11) is 0. The topological polar surface area (TPSA) is 34.9 Å². The fourth-order valence-corrected chi connectivity index (χ4v) is 3.82. The Bertz CT molecular complexity index is 624. The Morgan fingerprint density at radius 2 is 2.12 bits per heavy atom. The van der Waals surface area contributed by atoms with Crippen LogP contribution >= 0.6 is 11.3 Å². The first-order valence-electron chi connectivity index (χ1n) is 6.20. The predicted octanol–water partition coefficient (Wildman–Crippen LogP) is 2.92. The molecule has 17 heavy (non-hydrogen) atoms. The third kappa shape index (κ3) is 1.62. The molecule has 2 aromatic rings. The molecule has 0 saturated carbocycles. The Hall–Kier alpha value is -1.16. The van der Waals surface area contributed by atoms with Crippen molar-refractivity contribution in [3.8, 4) is 0 Å². The molecule has 0 radical (unpaired) electrons. The van der Waals surface area contributed by atoms with Gasteiger partial charge in [0.2, 0.25) is 0 Å². The number of hydrogen-bond acceptors (Lipinski definition) is 3. The maximum atomic E-state index is 12.3. The summed E-state index contributed by atoms with van der Waals surface area (Å²) in [5.74, 6) is 0. The van der Waals surface area contributed by atoms with Gasteiger partial charge in [0.15, 0.2) is 0 Å². The highest BCUT2D eigenvalue weighted by molar-refractivity contribution is 7.19. The number of thiophene rings is 1. The zero-order valence-corrected chi connectivity index (χ0v) is 11.0. The van der Waals surface area contributed by atoms with E-state index in [1.807, 2.05) is 20.0 Å². The molecule has 0 bridgehead atoms. The molecular weight excluding hydrogens is 232 g/mol. The van der Waals surface area contributed by atoms with E-state index in [2.05, 4.69) is 5.10 Å². The Balaban J connectivity index is 2.31. The van der Waals surface area contributed by atoms with Gasteiger partial charge in [0.25, 0.3) is 5.56 Å². The number of hydrogen-bond donors (Lipinski definition) is 0. The van der Waals surface area contributed by atoms with Crippen LogP contribution in [-0.4, -0.2) is 9.78 Å². The van der Waals surface area contributed by atoms with Crippen LogP contribution in [0.15, 0.2) is 11.0 Å². The molecule has 1 aliphatic carbocycles. The smallest absolute Gasteiger partial charge is 0.266 e. The fourth-order valence-electron chi connectivity index (χ4n) is 2.53. The molecule has 0 aromatic carbocycles. The van der Waals surface area contributed by atoms with E-state index in [9.17, 15) is 4.79 Å². The first-order chi connectivity index (χ1) is 8.18. The molecule has 0 saturated heterocycles. The first-order valence-corrected chi connectivity index (χ1v) is 7.02. The number of rotatable bonds is 1. The highest BCUT2D eigenvalue weighted by Crippen LogP contribution is 2.34. The SMILES string of the molecule is CC(C)n1ncc2c3c(sc2c1=O)CCCC3. The summed E-state index contributed by atoms with van der Waals surface area (Å²) >= 11 is 1.68. The molecule has 3 rings (SSSR count). The van der Waals surface area contributed by atoms with Crippen LogP contribution in [0, 0.1) is 0 Å². The van der Waals surface area contributed by atoms with E-state index in [-0.39, 0.29) is 11.6 Å². The number of aryl methyl sites for hydroxylation is 2. The lowest BCUT2D eigenvalue weighted by atomic mass is 9.97. The minimum atomic E-state index is 0.0805. The quantitative estimate of drug-likeness (QED) is 0.777. The Morgan fingerprint density at radius 3 is 2.88 bits per heavy atom. The van der Waals surface area contributed by atoms with Crippen molar-refractivity contribution in [2.24, 2.45) is 0 Å². The monoisotopic (exact) mass is 248 g/mol. The van der Waals surface area contributed by atoms with Gasteiger partial charge in [-0.15, -0.1) is 11.3 Å². The summed E-state index contributed by atoms with van der Waals surface area (Å²) < 4.78 is 2.49. The minimum absolute atomic E-state index is 0.0805. The van der Waals surface area contributed by atoms with Crippen LogP contribution in [-0.2, 0) is 12.8 Å². The largest absolute Gasteiger partial charge is 0.284 e. The average molecular weight is 248 g/mol. The van der Waals surface area contributed by atoms with Crippen molar-refractivity contribution < 1.29 is 0 Å². The molecular formula is C13H16N2OS. The maximum Gasteiger partial charge on any atom is 0.284 e. The summed E-state index contributed by atoms with van der Waals surface area (Å²) in [4.78, 5) is 13.7. The van der Waals surface area contributed by atoms with Crippen molar-refractivity contribution in [3.63, 3.8) is 0 Å². The van der Waals surface area contributed by atoms with Gasteiger partial charge in [-0.3, -0.25) is 4.79 Å². The second kappa shape index (κ2) is 3.95. The molecule has 2 aromatic heterocycles. The first kappa shape index (κ1) is 11.0. The van der Waals surface area contributed by atoms with Gasteiger partial charge < -0.3 is 0 Å². The zero-order valence-electron chi connectivity index (χ0n) is 10.2. The van der Waals surface area contributed by atoms with E-state index in [1.165, 1.54) is 23.3 Å². The Morgan fingerprint density at radius 1 is 1.35 bits per heavy atom. The summed E-state index contributed by atoms with van der Waals surface area (Å²) in [6.45, 7) is 3.99. The van der Waals surface area contributed by atoms with Crippen LogP contribution in [0.4, 0.5) is 0 Å². The zero-order chi connectivity index (χ0) is 12.0. The van der Waals surface area contributed by atoms with Crippen LogP contribution in [0.25, 0.3) is 10.1 Å². The van der Waals surface area contributed by atoms with E-state index in [4.69, 9.17) is 0 Å². The van der Waals surface area contributed by atoms with E-state index in [0.29, 0.717) is 0 Å². The van der Waals surface area contributed by atoms with Gasteiger partial charge in [0.1, 0.15) is 4.70 Å². The van der Waals surface area contributed by atoms with Crippen molar-refractivity contribution in [1.29, 1.82) is 0 Å². The number of fused-ring (bicyclic) bond motifs is 3. The average Bonchev–Trinajstić information content (AvgIpc) is 2.69. The molecule has 0 N–H and O–H groups in total. The molecule has 0 fully saturated rings. The van der Waals surface area contributed by atoms with E-state index in [1.54, 1.807) is 16.0 Å². The molecule has 90 valence electrons. The summed E-state index contributed by atoms with van der Waals surface area (Å²) in [6.07, 6.45) is 6.63. The highest BCUT2D eigenvalue weighted by Gasteiger charge is 2.19. The molecule has 0 atom stereocenters. The van der Waals surface area contributed by atoms with Crippen molar-refractivity contribution in [1.82, 2.24) is 9.78 Å². The van der Waals surface area contributed by atoms with E-state index >= 15 is 0 Å². The van der Waals surface area contributed by atoms with Crippen LogP contribution in [0.5, 0.6) is 0 Å². The van der Waals surface area contributed by atoms with Crippen molar-refractivity contribution in [2.45, 2.75) is 45.6 Å². The van der Waals surface area contributed by atoms with E-state index < -0.39 is 0 Å². The molecule has 4 heteroatoms. The minimum Gasteiger partial charge on any atom is -0.266 e. The number of nitrogens with zero attached hydrogens (tertiary/aromatic N) is 2. The molecule has 1 aliphatic rings. The van der Waals surface area contributed by atoms with Gasteiger partial charge in [-0.25, -0.2) is 4.68 Å². The molecule has 0 unspecified atom stereocenters. The van der Waals surface area contributed by atoms with Gasteiger partial charge in [-0.2, -0.15) is 5.10 Å².